The fourth-order valence-corrected chi connectivity index (χ4v) is 2.46. The van der Waals surface area contributed by atoms with E-state index in [2.05, 4.69) is 9.05 Å². The van der Waals surface area contributed by atoms with Crippen molar-refractivity contribution in [3.63, 3.8) is 0 Å². The van der Waals surface area contributed by atoms with Crippen LogP contribution in [0.3, 0.4) is 0 Å². The summed E-state index contributed by atoms with van der Waals surface area (Å²) in [5.41, 5.74) is 0. The number of hydrogen-bond acceptors (Lipinski definition) is 7. The van der Waals surface area contributed by atoms with Crippen LogP contribution in [0.4, 0.5) is 0 Å². The Hall–Kier alpha value is -0.500. The van der Waals surface area contributed by atoms with Gasteiger partial charge in [0.2, 0.25) is 6.41 Å². The van der Waals surface area contributed by atoms with Crippen LogP contribution >= 0.6 is 7.60 Å². The van der Waals surface area contributed by atoms with Gasteiger partial charge in [0.25, 0.3) is 0 Å². The monoisotopic (exact) mass is 285 g/mol. The van der Waals surface area contributed by atoms with Gasteiger partial charge in [-0.2, -0.15) is 0 Å². The molecule has 0 rings (SSSR count). The highest BCUT2D eigenvalue weighted by atomic mass is 31.2. The minimum Gasteiger partial charge on any atom is -0.393 e. The van der Waals surface area contributed by atoms with E-state index in [9.17, 15) is 19.6 Å². The molecule has 108 valence electrons. The Bertz CT molecular complexity index is 280. The topological polar surface area (TPSA) is 117 Å². The van der Waals surface area contributed by atoms with Crippen molar-refractivity contribution in [2.75, 3.05) is 26.9 Å². The zero-order valence-corrected chi connectivity index (χ0v) is 11.3. The predicted molar refractivity (Wildman–Crippen MR) is 62.3 cm³/mol. The quantitative estimate of drug-likeness (QED) is 0.221. The molecule has 0 aromatic carbocycles. The number of amides is 1. The van der Waals surface area contributed by atoms with E-state index in [0.717, 1.165) is 0 Å². The molecule has 0 aliphatic heterocycles. The van der Waals surface area contributed by atoms with Crippen molar-refractivity contribution in [1.29, 1.82) is 0 Å². The Morgan fingerprint density at radius 3 is 2.28 bits per heavy atom. The minimum atomic E-state index is -3.17. The van der Waals surface area contributed by atoms with Gasteiger partial charge >= 0.3 is 7.60 Å². The molecule has 8 nitrogen and oxygen atoms in total. The largest absolute Gasteiger partial charge is 0.393 e. The van der Waals surface area contributed by atoms with Gasteiger partial charge in [-0.3, -0.25) is 14.6 Å². The summed E-state index contributed by atoms with van der Waals surface area (Å²) in [7, 11) is -0.671. The van der Waals surface area contributed by atoms with Crippen molar-refractivity contribution < 1.29 is 33.8 Å². The van der Waals surface area contributed by atoms with Gasteiger partial charge in [-0.15, -0.1) is 0 Å². The van der Waals surface area contributed by atoms with E-state index in [4.69, 9.17) is 5.21 Å². The molecule has 0 aromatic rings. The number of carbonyl (C=O) groups excluding carboxylic acids is 1. The molecule has 0 saturated carbocycles. The zero-order chi connectivity index (χ0) is 14.2. The number of carbonyl (C=O) groups is 1. The Morgan fingerprint density at radius 1 is 1.28 bits per heavy atom. The van der Waals surface area contributed by atoms with Crippen LogP contribution in [0.15, 0.2) is 0 Å². The standard InChI is InChI=1S/C9H20NO7P/c1-16-18(15,17-2)4-3-8(12)5-9(13)6-10(14)7-11/h7-9,12-14H,3-6H2,1-2H3/t8-,9-/m1/s1. The summed E-state index contributed by atoms with van der Waals surface area (Å²) in [5, 5.41) is 28.1. The number of hydrogen-bond donors (Lipinski definition) is 3. The van der Waals surface area contributed by atoms with Gasteiger partial charge < -0.3 is 19.3 Å². The van der Waals surface area contributed by atoms with Crippen LogP contribution in [0.25, 0.3) is 0 Å². The Labute approximate surface area is 106 Å². The van der Waals surface area contributed by atoms with Crippen molar-refractivity contribution in [3.8, 4) is 0 Å². The smallest absolute Gasteiger partial charge is 0.330 e. The van der Waals surface area contributed by atoms with E-state index < -0.39 is 19.8 Å². The maximum absolute atomic E-state index is 11.7. The second-order valence-electron chi connectivity index (χ2n) is 3.76. The summed E-state index contributed by atoms with van der Waals surface area (Å²) in [5.74, 6) is 0. The number of nitrogens with zero attached hydrogens (tertiary/aromatic N) is 1. The van der Waals surface area contributed by atoms with Crippen LogP contribution in [0.2, 0.25) is 0 Å². The van der Waals surface area contributed by atoms with Crippen LogP contribution in [0.1, 0.15) is 12.8 Å². The number of aliphatic hydroxyl groups is 2. The Morgan fingerprint density at radius 2 is 1.83 bits per heavy atom. The molecule has 0 bridgehead atoms. The van der Waals surface area contributed by atoms with E-state index in [-0.39, 0.29) is 37.0 Å². The normalized spacial score (nSPS) is 15.2. The molecular formula is C9H20NO7P. The second kappa shape index (κ2) is 8.58. The predicted octanol–water partition coefficient (Wildman–Crippen LogP) is -0.178. The lowest BCUT2D eigenvalue weighted by Crippen LogP contribution is -2.31. The molecule has 1 amide bonds. The molecule has 3 N–H and O–H groups in total. The molecule has 18 heavy (non-hydrogen) atoms. The van der Waals surface area contributed by atoms with Gasteiger partial charge in [-0.1, -0.05) is 0 Å². The molecule has 0 fully saturated rings. The van der Waals surface area contributed by atoms with Gasteiger partial charge in [0.15, 0.2) is 0 Å². The van der Waals surface area contributed by atoms with Crippen LogP contribution in [0, 0.1) is 0 Å². The van der Waals surface area contributed by atoms with Gasteiger partial charge in [-0.05, 0) is 6.42 Å². The maximum atomic E-state index is 11.7. The van der Waals surface area contributed by atoms with Gasteiger partial charge in [-0.25, -0.2) is 5.06 Å². The molecule has 0 saturated heterocycles. The first-order chi connectivity index (χ1) is 8.36. The highest BCUT2D eigenvalue weighted by molar-refractivity contribution is 7.53. The summed E-state index contributed by atoms with van der Waals surface area (Å²) < 4.78 is 21.0. The molecule has 2 atom stereocenters. The third-order valence-electron chi connectivity index (χ3n) is 2.36. The molecule has 0 radical (unpaired) electrons. The van der Waals surface area contributed by atoms with Gasteiger partial charge in [0.1, 0.15) is 0 Å². The molecule has 0 heterocycles. The zero-order valence-electron chi connectivity index (χ0n) is 10.4. The lowest BCUT2D eigenvalue weighted by atomic mass is 10.1. The number of aliphatic hydroxyl groups excluding tert-OH is 2. The Kier molecular flexibility index (Phi) is 8.34. The van der Waals surface area contributed by atoms with Crippen molar-refractivity contribution in [1.82, 2.24) is 5.06 Å². The first kappa shape index (κ1) is 17.5. The third kappa shape index (κ3) is 7.05. The van der Waals surface area contributed by atoms with E-state index in [0.29, 0.717) is 0 Å². The molecule has 0 aliphatic rings. The molecule has 0 aliphatic carbocycles. The third-order valence-corrected chi connectivity index (χ3v) is 4.27. The van der Waals surface area contributed by atoms with Gasteiger partial charge in [0.05, 0.1) is 24.9 Å². The fraction of sp³-hybridized carbons (Fsp3) is 0.889. The summed E-state index contributed by atoms with van der Waals surface area (Å²) in [6.07, 6.45) is -1.77. The van der Waals surface area contributed by atoms with E-state index in [1.165, 1.54) is 14.2 Å². The highest BCUT2D eigenvalue weighted by Crippen LogP contribution is 2.47. The van der Waals surface area contributed by atoms with E-state index in [1.807, 2.05) is 0 Å². The van der Waals surface area contributed by atoms with Crippen LogP contribution in [-0.2, 0) is 18.4 Å². The molecule has 0 aromatic heterocycles. The van der Waals surface area contributed by atoms with Crippen molar-refractivity contribution in [2.24, 2.45) is 0 Å². The van der Waals surface area contributed by atoms with Crippen LogP contribution in [0.5, 0.6) is 0 Å². The summed E-state index contributed by atoms with van der Waals surface area (Å²) in [6.45, 7) is -0.299. The first-order valence-corrected chi connectivity index (χ1v) is 7.07. The lowest BCUT2D eigenvalue weighted by Gasteiger charge is -2.19. The average Bonchev–Trinajstić information content (AvgIpc) is 2.35. The van der Waals surface area contributed by atoms with Crippen LogP contribution < -0.4 is 0 Å². The van der Waals surface area contributed by atoms with Gasteiger partial charge in [0, 0.05) is 20.6 Å². The minimum absolute atomic E-state index is 0.0183. The second-order valence-corrected chi connectivity index (χ2v) is 6.16. The Balaban J connectivity index is 4.00. The van der Waals surface area contributed by atoms with E-state index in [1.54, 1.807) is 0 Å². The van der Waals surface area contributed by atoms with Crippen LogP contribution in [-0.4, -0.2) is 66.0 Å². The van der Waals surface area contributed by atoms with E-state index >= 15 is 0 Å². The average molecular weight is 285 g/mol. The fourth-order valence-electron chi connectivity index (χ4n) is 1.33. The highest BCUT2D eigenvalue weighted by Gasteiger charge is 2.23. The number of rotatable bonds is 10. The molecular weight excluding hydrogens is 265 g/mol. The molecule has 9 heteroatoms. The summed E-state index contributed by atoms with van der Waals surface area (Å²) in [4.78, 5) is 10.1. The summed E-state index contributed by atoms with van der Waals surface area (Å²) >= 11 is 0. The molecule has 0 spiro atoms. The molecule has 0 unspecified atom stereocenters. The lowest BCUT2D eigenvalue weighted by molar-refractivity contribution is -0.156. The first-order valence-electron chi connectivity index (χ1n) is 5.34. The number of hydroxylamine groups is 2. The SMILES string of the molecule is COP(=O)(CC[C@@H](O)C[C@@H](O)CN(O)C=O)OC. The van der Waals surface area contributed by atoms with Crippen molar-refractivity contribution in [2.45, 2.75) is 25.0 Å². The summed E-state index contributed by atoms with van der Waals surface area (Å²) in [6, 6.07) is 0. The van der Waals surface area contributed by atoms with Crippen molar-refractivity contribution >= 4 is 14.0 Å². The van der Waals surface area contributed by atoms with Crippen molar-refractivity contribution in [3.05, 3.63) is 0 Å². The maximum Gasteiger partial charge on any atom is 0.330 e.